The van der Waals surface area contributed by atoms with Crippen molar-refractivity contribution in [3.05, 3.63) is 48.0 Å². The molecule has 7 heteroatoms. The Labute approximate surface area is 164 Å². The SMILES string of the molecule is CCOc1ccc(N2C[C@@H](NC(=O)c3ccc(OC)cc3OC)CC2=O)cc1. The Bertz CT molecular complexity index is 850. The third-order valence-electron chi connectivity index (χ3n) is 4.57. The monoisotopic (exact) mass is 384 g/mol. The van der Waals surface area contributed by atoms with Gasteiger partial charge < -0.3 is 24.4 Å². The average Bonchev–Trinajstić information content (AvgIpc) is 3.08. The van der Waals surface area contributed by atoms with E-state index in [2.05, 4.69) is 5.32 Å². The molecular weight excluding hydrogens is 360 g/mol. The van der Waals surface area contributed by atoms with Crippen LogP contribution in [-0.2, 0) is 4.79 Å². The van der Waals surface area contributed by atoms with Gasteiger partial charge >= 0.3 is 0 Å². The fraction of sp³-hybridized carbons (Fsp3) is 0.333. The van der Waals surface area contributed by atoms with Crippen LogP contribution in [0.4, 0.5) is 5.69 Å². The molecule has 2 aromatic rings. The summed E-state index contributed by atoms with van der Waals surface area (Å²) in [5.41, 5.74) is 1.18. The molecule has 0 saturated carbocycles. The van der Waals surface area contributed by atoms with Gasteiger partial charge in [-0.3, -0.25) is 9.59 Å². The smallest absolute Gasteiger partial charge is 0.255 e. The Morgan fingerprint density at radius 1 is 1.11 bits per heavy atom. The quantitative estimate of drug-likeness (QED) is 0.794. The van der Waals surface area contributed by atoms with Crippen molar-refractivity contribution in [1.29, 1.82) is 0 Å². The minimum absolute atomic E-state index is 0.0313. The third kappa shape index (κ3) is 4.19. The van der Waals surface area contributed by atoms with Crippen molar-refractivity contribution in [2.24, 2.45) is 0 Å². The Morgan fingerprint density at radius 3 is 2.46 bits per heavy atom. The topological polar surface area (TPSA) is 77.1 Å². The maximum Gasteiger partial charge on any atom is 0.255 e. The van der Waals surface area contributed by atoms with Gasteiger partial charge in [-0.1, -0.05) is 0 Å². The maximum atomic E-state index is 12.7. The molecule has 0 bridgehead atoms. The number of methoxy groups -OCH3 is 2. The lowest BCUT2D eigenvalue weighted by Gasteiger charge is -2.18. The van der Waals surface area contributed by atoms with Crippen molar-refractivity contribution in [2.75, 3.05) is 32.3 Å². The first-order valence-corrected chi connectivity index (χ1v) is 9.11. The number of hydrogen-bond donors (Lipinski definition) is 1. The zero-order valence-electron chi connectivity index (χ0n) is 16.2. The number of carbonyl (C=O) groups is 2. The van der Waals surface area contributed by atoms with Crippen LogP contribution in [0.25, 0.3) is 0 Å². The average molecular weight is 384 g/mol. The number of amides is 2. The Balaban J connectivity index is 1.68. The molecular formula is C21H24N2O5. The van der Waals surface area contributed by atoms with Crippen LogP contribution in [0, 0.1) is 0 Å². The molecule has 0 unspecified atom stereocenters. The zero-order valence-corrected chi connectivity index (χ0v) is 16.2. The number of hydrogen-bond acceptors (Lipinski definition) is 5. The minimum Gasteiger partial charge on any atom is -0.497 e. The zero-order chi connectivity index (χ0) is 20.1. The number of nitrogens with one attached hydrogen (secondary N) is 1. The van der Waals surface area contributed by atoms with Gasteiger partial charge in [0.25, 0.3) is 5.91 Å². The highest BCUT2D eigenvalue weighted by Crippen LogP contribution is 2.27. The summed E-state index contributed by atoms with van der Waals surface area (Å²) >= 11 is 0. The normalized spacial score (nSPS) is 16.0. The summed E-state index contributed by atoms with van der Waals surface area (Å²) in [6, 6.07) is 12.1. The van der Waals surface area contributed by atoms with E-state index >= 15 is 0 Å². The summed E-state index contributed by atoms with van der Waals surface area (Å²) in [5, 5.41) is 2.92. The molecule has 1 fully saturated rings. The first-order chi connectivity index (χ1) is 13.5. The molecule has 3 rings (SSSR count). The minimum atomic E-state index is -0.286. The van der Waals surface area contributed by atoms with Crippen molar-refractivity contribution >= 4 is 17.5 Å². The molecule has 1 heterocycles. The van der Waals surface area contributed by atoms with E-state index in [1.165, 1.54) is 7.11 Å². The highest BCUT2D eigenvalue weighted by atomic mass is 16.5. The van der Waals surface area contributed by atoms with Gasteiger partial charge in [0.15, 0.2) is 0 Å². The van der Waals surface area contributed by atoms with Crippen LogP contribution in [0.5, 0.6) is 17.2 Å². The molecule has 0 aliphatic carbocycles. The van der Waals surface area contributed by atoms with Crippen molar-refractivity contribution < 1.29 is 23.8 Å². The van der Waals surface area contributed by atoms with Crippen molar-refractivity contribution in [3.8, 4) is 17.2 Å². The maximum absolute atomic E-state index is 12.7. The van der Waals surface area contributed by atoms with Gasteiger partial charge in [0.05, 0.1) is 32.4 Å². The van der Waals surface area contributed by atoms with Crippen molar-refractivity contribution in [2.45, 2.75) is 19.4 Å². The summed E-state index contributed by atoms with van der Waals surface area (Å²) in [7, 11) is 3.05. The van der Waals surface area contributed by atoms with Crippen molar-refractivity contribution in [3.63, 3.8) is 0 Å². The van der Waals surface area contributed by atoms with Gasteiger partial charge in [0.2, 0.25) is 5.91 Å². The number of rotatable bonds is 7. The van der Waals surface area contributed by atoms with Gasteiger partial charge in [-0.2, -0.15) is 0 Å². The van der Waals surface area contributed by atoms with E-state index in [0.717, 1.165) is 11.4 Å². The Morgan fingerprint density at radius 2 is 1.82 bits per heavy atom. The van der Waals surface area contributed by atoms with Gasteiger partial charge in [0.1, 0.15) is 17.2 Å². The molecule has 1 aliphatic heterocycles. The summed E-state index contributed by atoms with van der Waals surface area (Å²) in [6.07, 6.45) is 0.247. The van der Waals surface area contributed by atoms with E-state index in [-0.39, 0.29) is 24.3 Å². The first-order valence-electron chi connectivity index (χ1n) is 9.11. The number of anilines is 1. The first kappa shape index (κ1) is 19.5. The fourth-order valence-corrected chi connectivity index (χ4v) is 3.19. The van der Waals surface area contributed by atoms with Gasteiger partial charge in [0, 0.05) is 24.7 Å². The van der Waals surface area contributed by atoms with Crippen LogP contribution in [0.2, 0.25) is 0 Å². The summed E-state index contributed by atoms with van der Waals surface area (Å²) in [6.45, 7) is 2.92. The lowest BCUT2D eigenvalue weighted by Crippen LogP contribution is -2.37. The number of ether oxygens (including phenoxy) is 3. The summed E-state index contributed by atoms with van der Waals surface area (Å²) < 4.78 is 15.9. The van der Waals surface area contributed by atoms with Crippen LogP contribution in [0.15, 0.2) is 42.5 Å². The van der Waals surface area contributed by atoms with Crippen LogP contribution in [-0.4, -0.2) is 45.2 Å². The van der Waals surface area contributed by atoms with E-state index in [0.29, 0.717) is 30.2 Å². The highest BCUT2D eigenvalue weighted by molar-refractivity contribution is 6.00. The summed E-state index contributed by atoms with van der Waals surface area (Å²) in [4.78, 5) is 26.8. The third-order valence-corrected chi connectivity index (χ3v) is 4.57. The second-order valence-corrected chi connectivity index (χ2v) is 6.37. The van der Waals surface area contributed by atoms with E-state index in [9.17, 15) is 9.59 Å². The Hall–Kier alpha value is -3.22. The van der Waals surface area contributed by atoms with Gasteiger partial charge in [-0.15, -0.1) is 0 Å². The van der Waals surface area contributed by atoms with Crippen LogP contribution in [0.1, 0.15) is 23.7 Å². The molecule has 0 radical (unpaired) electrons. The summed E-state index contributed by atoms with van der Waals surface area (Å²) in [5.74, 6) is 1.46. The number of carbonyl (C=O) groups excluding carboxylic acids is 2. The predicted octanol–water partition coefficient (Wildman–Crippen LogP) is 2.64. The fourth-order valence-electron chi connectivity index (χ4n) is 3.19. The van der Waals surface area contributed by atoms with Crippen LogP contribution >= 0.6 is 0 Å². The molecule has 148 valence electrons. The standard InChI is InChI=1S/C21H24N2O5/c1-4-28-16-7-5-15(6-8-16)23-13-14(11-20(23)24)22-21(25)18-10-9-17(26-2)12-19(18)27-3/h5-10,12,14H,4,11,13H2,1-3H3,(H,22,25)/t14-/m0/s1. The molecule has 0 spiro atoms. The van der Waals surface area contributed by atoms with E-state index in [1.807, 2.05) is 31.2 Å². The molecule has 1 N–H and O–H groups in total. The Kier molecular flexibility index (Phi) is 6.03. The van der Waals surface area contributed by atoms with E-state index in [4.69, 9.17) is 14.2 Å². The second kappa shape index (κ2) is 8.65. The number of nitrogens with zero attached hydrogens (tertiary/aromatic N) is 1. The molecule has 28 heavy (non-hydrogen) atoms. The van der Waals surface area contributed by atoms with Crippen molar-refractivity contribution in [1.82, 2.24) is 5.32 Å². The molecule has 2 amide bonds. The van der Waals surface area contributed by atoms with E-state index in [1.54, 1.807) is 30.2 Å². The molecule has 7 nitrogen and oxygen atoms in total. The van der Waals surface area contributed by atoms with Gasteiger partial charge in [-0.25, -0.2) is 0 Å². The molecule has 1 aliphatic rings. The second-order valence-electron chi connectivity index (χ2n) is 6.37. The predicted molar refractivity (Wildman–Crippen MR) is 105 cm³/mol. The lowest BCUT2D eigenvalue weighted by atomic mass is 10.1. The largest absolute Gasteiger partial charge is 0.497 e. The van der Waals surface area contributed by atoms with Crippen LogP contribution < -0.4 is 24.4 Å². The molecule has 1 atom stereocenters. The molecule has 2 aromatic carbocycles. The number of benzene rings is 2. The van der Waals surface area contributed by atoms with E-state index < -0.39 is 0 Å². The molecule has 0 aromatic heterocycles. The van der Waals surface area contributed by atoms with Gasteiger partial charge in [-0.05, 0) is 43.3 Å². The molecule has 1 saturated heterocycles. The van der Waals surface area contributed by atoms with Crippen LogP contribution in [0.3, 0.4) is 0 Å². The highest BCUT2D eigenvalue weighted by Gasteiger charge is 2.32. The lowest BCUT2D eigenvalue weighted by molar-refractivity contribution is -0.117.